The van der Waals surface area contributed by atoms with Crippen molar-refractivity contribution in [2.75, 3.05) is 0 Å². The maximum Gasteiger partial charge on any atom is 0.512 e. The predicted octanol–water partition coefficient (Wildman–Crippen LogP) is 0.746. The summed E-state index contributed by atoms with van der Waals surface area (Å²) >= 11 is 0. The van der Waals surface area contributed by atoms with Gasteiger partial charge in [-0.3, -0.25) is 5.84 Å². The number of rotatable bonds is 0. The van der Waals surface area contributed by atoms with Gasteiger partial charge in [0.1, 0.15) is 5.71 Å². The monoisotopic (exact) mass is 170 g/mol. The Morgan fingerprint density at radius 2 is 1.67 bits per heavy atom. The van der Waals surface area contributed by atoms with Crippen LogP contribution in [0.3, 0.4) is 0 Å². The van der Waals surface area contributed by atoms with Crippen molar-refractivity contribution in [3.05, 3.63) is 0 Å². The maximum atomic E-state index is 10.7. The SMILES string of the molecule is NC(=O)[N+](N)=C1CCCCCC1. The summed E-state index contributed by atoms with van der Waals surface area (Å²) in [5.74, 6) is 5.48. The highest BCUT2D eigenvalue weighted by Crippen LogP contribution is 2.14. The first-order valence-corrected chi connectivity index (χ1v) is 4.41. The molecule has 1 aliphatic rings. The lowest BCUT2D eigenvalue weighted by atomic mass is 10.2. The lowest BCUT2D eigenvalue weighted by Crippen LogP contribution is -2.37. The second-order valence-electron chi connectivity index (χ2n) is 3.19. The third-order valence-electron chi connectivity index (χ3n) is 2.26. The average molecular weight is 170 g/mol. The van der Waals surface area contributed by atoms with Crippen LogP contribution in [-0.2, 0) is 0 Å². The molecule has 0 unspecified atom stereocenters. The lowest BCUT2D eigenvalue weighted by Gasteiger charge is -2.00. The van der Waals surface area contributed by atoms with Gasteiger partial charge < -0.3 is 0 Å². The van der Waals surface area contributed by atoms with Crippen molar-refractivity contribution in [1.82, 2.24) is 0 Å². The van der Waals surface area contributed by atoms with Gasteiger partial charge in [0.2, 0.25) is 0 Å². The predicted molar refractivity (Wildman–Crippen MR) is 46.7 cm³/mol. The van der Waals surface area contributed by atoms with E-state index in [1.54, 1.807) is 0 Å². The van der Waals surface area contributed by atoms with E-state index in [9.17, 15) is 4.79 Å². The van der Waals surface area contributed by atoms with Crippen LogP contribution in [0.5, 0.6) is 0 Å². The van der Waals surface area contributed by atoms with E-state index >= 15 is 0 Å². The number of carbonyl (C=O) groups excluding carboxylic acids is 1. The van der Waals surface area contributed by atoms with Gasteiger partial charge in [0.05, 0.1) is 0 Å². The number of hydrazine groups is 1. The Morgan fingerprint density at radius 3 is 2.08 bits per heavy atom. The van der Waals surface area contributed by atoms with Crippen LogP contribution in [0.4, 0.5) is 4.79 Å². The number of nitrogens with two attached hydrogens (primary N) is 2. The smallest absolute Gasteiger partial charge is 0.266 e. The molecule has 0 aromatic heterocycles. The van der Waals surface area contributed by atoms with Gasteiger partial charge in [-0.2, -0.15) is 4.79 Å². The molecule has 0 aromatic carbocycles. The molecule has 2 amide bonds. The van der Waals surface area contributed by atoms with Gasteiger partial charge in [0, 0.05) is 12.8 Å². The molecule has 4 nitrogen and oxygen atoms in total. The Labute approximate surface area is 72.2 Å². The summed E-state index contributed by atoms with van der Waals surface area (Å²) in [7, 11) is 0. The fourth-order valence-corrected chi connectivity index (χ4v) is 1.53. The molecule has 68 valence electrons. The van der Waals surface area contributed by atoms with Gasteiger partial charge in [-0.25, -0.2) is 5.73 Å². The molecular weight excluding hydrogens is 154 g/mol. The molecule has 0 saturated heterocycles. The first kappa shape index (κ1) is 9.03. The Balaban J connectivity index is 2.69. The second-order valence-corrected chi connectivity index (χ2v) is 3.19. The van der Waals surface area contributed by atoms with Gasteiger partial charge in [-0.1, -0.05) is 12.8 Å². The molecule has 1 saturated carbocycles. The Morgan fingerprint density at radius 1 is 1.17 bits per heavy atom. The summed E-state index contributed by atoms with van der Waals surface area (Å²) < 4.78 is 1.10. The van der Waals surface area contributed by atoms with Gasteiger partial charge in [-0.05, 0) is 12.8 Å². The number of nitrogens with zero attached hydrogens (tertiary/aromatic N) is 1. The molecule has 0 radical (unpaired) electrons. The highest BCUT2D eigenvalue weighted by atomic mass is 16.2. The fraction of sp³-hybridized carbons (Fsp3) is 0.750. The minimum absolute atomic E-state index is 0.549. The molecule has 1 fully saturated rings. The average Bonchev–Trinajstić information content (AvgIpc) is 2.30. The molecule has 1 aliphatic carbocycles. The van der Waals surface area contributed by atoms with Crippen molar-refractivity contribution in [2.24, 2.45) is 11.6 Å². The Kier molecular flexibility index (Phi) is 3.08. The minimum atomic E-state index is -0.549. The van der Waals surface area contributed by atoms with Crippen molar-refractivity contribution < 1.29 is 9.48 Å². The third kappa shape index (κ3) is 2.22. The summed E-state index contributed by atoms with van der Waals surface area (Å²) in [4.78, 5) is 10.7. The molecule has 0 bridgehead atoms. The number of primary amides is 1. The van der Waals surface area contributed by atoms with Crippen LogP contribution in [0.15, 0.2) is 0 Å². The minimum Gasteiger partial charge on any atom is -0.266 e. The molecule has 0 heterocycles. The molecule has 1 rings (SSSR count). The van der Waals surface area contributed by atoms with Crippen molar-refractivity contribution in [3.8, 4) is 0 Å². The number of carbonyl (C=O) groups is 1. The van der Waals surface area contributed by atoms with E-state index in [2.05, 4.69) is 0 Å². The number of hydrogen-bond donors (Lipinski definition) is 2. The zero-order valence-electron chi connectivity index (χ0n) is 7.25. The molecule has 0 spiro atoms. The van der Waals surface area contributed by atoms with E-state index in [0.29, 0.717) is 0 Å². The van der Waals surface area contributed by atoms with Gasteiger partial charge in [-0.15, -0.1) is 4.68 Å². The van der Waals surface area contributed by atoms with Crippen LogP contribution in [-0.4, -0.2) is 16.4 Å². The summed E-state index contributed by atoms with van der Waals surface area (Å²) in [5, 5.41) is 0. The first-order chi connectivity index (χ1) is 5.72. The molecular formula is C8H16N3O+. The van der Waals surface area contributed by atoms with E-state index in [-0.39, 0.29) is 0 Å². The largest absolute Gasteiger partial charge is 0.512 e. The van der Waals surface area contributed by atoms with E-state index in [1.807, 2.05) is 0 Å². The first-order valence-electron chi connectivity index (χ1n) is 4.41. The summed E-state index contributed by atoms with van der Waals surface area (Å²) in [6, 6.07) is -0.549. The van der Waals surface area contributed by atoms with Crippen LogP contribution in [0, 0.1) is 0 Å². The third-order valence-corrected chi connectivity index (χ3v) is 2.26. The summed E-state index contributed by atoms with van der Waals surface area (Å²) in [6.07, 6.45) is 6.54. The quantitative estimate of drug-likeness (QED) is 0.185. The van der Waals surface area contributed by atoms with E-state index in [1.165, 1.54) is 12.8 Å². The number of urea groups is 1. The second kappa shape index (κ2) is 4.09. The number of hydrazone groups is 1. The van der Waals surface area contributed by atoms with Crippen molar-refractivity contribution in [1.29, 1.82) is 0 Å². The summed E-state index contributed by atoms with van der Waals surface area (Å²) in [5.41, 5.74) is 6.05. The van der Waals surface area contributed by atoms with E-state index in [0.717, 1.165) is 36.1 Å². The van der Waals surface area contributed by atoms with Crippen molar-refractivity contribution >= 4 is 11.7 Å². The molecule has 0 aromatic rings. The van der Waals surface area contributed by atoms with Crippen molar-refractivity contribution in [2.45, 2.75) is 38.5 Å². The van der Waals surface area contributed by atoms with Gasteiger partial charge in [0.15, 0.2) is 0 Å². The van der Waals surface area contributed by atoms with Crippen molar-refractivity contribution in [3.63, 3.8) is 0 Å². The summed E-state index contributed by atoms with van der Waals surface area (Å²) in [6.45, 7) is 0. The lowest BCUT2D eigenvalue weighted by molar-refractivity contribution is -0.440. The Hall–Kier alpha value is -1.06. The fourth-order valence-electron chi connectivity index (χ4n) is 1.53. The van der Waals surface area contributed by atoms with E-state index in [4.69, 9.17) is 11.6 Å². The molecule has 4 N–H and O–H groups in total. The van der Waals surface area contributed by atoms with Crippen LogP contribution >= 0.6 is 0 Å². The van der Waals surface area contributed by atoms with E-state index < -0.39 is 6.03 Å². The Bertz CT molecular complexity index is 200. The molecule has 0 aliphatic heterocycles. The van der Waals surface area contributed by atoms with Crippen LogP contribution in [0.1, 0.15) is 38.5 Å². The van der Waals surface area contributed by atoms with Crippen LogP contribution < -0.4 is 11.6 Å². The van der Waals surface area contributed by atoms with Crippen LogP contribution in [0.25, 0.3) is 0 Å². The molecule has 0 atom stereocenters. The topological polar surface area (TPSA) is 72.1 Å². The molecule has 4 heteroatoms. The number of amides is 2. The standard InChI is InChI=1S/C8H15N3O/c9-8(12)11(10)7-5-3-1-2-4-6-7/h1-6,10H2,(H-,9,12)/p+1. The zero-order valence-corrected chi connectivity index (χ0v) is 7.25. The highest BCUT2D eigenvalue weighted by Gasteiger charge is 2.15. The van der Waals surface area contributed by atoms with Crippen LogP contribution in [0.2, 0.25) is 0 Å². The normalized spacial score (nSPS) is 18.5. The van der Waals surface area contributed by atoms with Gasteiger partial charge in [0.25, 0.3) is 0 Å². The maximum absolute atomic E-state index is 10.7. The van der Waals surface area contributed by atoms with Gasteiger partial charge >= 0.3 is 6.03 Å². The highest BCUT2D eigenvalue weighted by molar-refractivity contribution is 5.84. The zero-order chi connectivity index (χ0) is 8.97. The molecule has 12 heavy (non-hydrogen) atoms. The number of hydrogen-bond acceptors (Lipinski definition) is 2.